The van der Waals surface area contributed by atoms with Crippen molar-refractivity contribution in [3.8, 4) is 0 Å². The van der Waals surface area contributed by atoms with Crippen molar-refractivity contribution in [3.05, 3.63) is 23.8 Å². The Hall–Kier alpha value is -0.850. The summed E-state index contributed by atoms with van der Waals surface area (Å²) in [5.41, 5.74) is 1.17. The van der Waals surface area contributed by atoms with Gasteiger partial charge in [-0.05, 0) is 13.3 Å². The van der Waals surface area contributed by atoms with Gasteiger partial charge in [0.1, 0.15) is 6.29 Å². The highest BCUT2D eigenvalue weighted by Gasteiger charge is 2.08. The summed E-state index contributed by atoms with van der Waals surface area (Å²) in [5, 5.41) is 0. The Morgan fingerprint density at radius 3 is 3.00 bits per heavy atom. The maximum Gasteiger partial charge on any atom is 0.127 e. The molecule has 9 heavy (non-hydrogen) atoms. The topological polar surface area (TPSA) is 17.1 Å². The predicted molar refractivity (Wildman–Crippen MR) is 37.1 cm³/mol. The molecule has 0 saturated carbocycles. The van der Waals surface area contributed by atoms with E-state index in [1.165, 1.54) is 5.57 Å². The van der Waals surface area contributed by atoms with E-state index in [0.29, 0.717) is 0 Å². The Morgan fingerprint density at radius 2 is 2.56 bits per heavy atom. The van der Waals surface area contributed by atoms with E-state index in [2.05, 4.69) is 0 Å². The maximum atomic E-state index is 10.3. The van der Waals surface area contributed by atoms with Crippen LogP contribution in [0.3, 0.4) is 0 Å². The molecule has 0 N–H and O–H groups in total. The minimum atomic E-state index is 0.148. The van der Waals surface area contributed by atoms with Crippen molar-refractivity contribution in [2.24, 2.45) is 5.92 Å². The van der Waals surface area contributed by atoms with Crippen LogP contribution in [-0.4, -0.2) is 6.29 Å². The normalized spacial score (nSPS) is 25.4. The maximum absolute atomic E-state index is 10.3. The fraction of sp³-hybridized carbons (Fsp3) is 0.375. The molecule has 0 aromatic heterocycles. The third-order valence-electron chi connectivity index (χ3n) is 1.63. The summed E-state index contributed by atoms with van der Waals surface area (Å²) in [7, 11) is 0. The van der Waals surface area contributed by atoms with Crippen LogP contribution in [0.25, 0.3) is 0 Å². The Labute approximate surface area is 55.1 Å². The molecule has 0 fully saturated rings. The van der Waals surface area contributed by atoms with E-state index >= 15 is 0 Å². The smallest absolute Gasteiger partial charge is 0.127 e. The molecular weight excluding hydrogens is 112 g/mol. The van der Waals surface area contributed by atoms with Crippen molar-refractivity contribution >= 4 is 6.29 Å². The largest absolute Gasteiger partial charge is 0.303 e. The first-order valence-electron chi connectivity index (χ1n) is 3.13. The van der Waals surface area contributed by atoms with Crippen LogP contribution >= 0.6 is 0 Å². The van der Waals surface area contributed by atoms with Crippen molar-refractivity contribution in [2.45, 2.75) is 13.3 Å². The molecule has 1 atom stereocenters. The molecule has 0 spiro atoms. The van der Waals surface area contributed by atoms with E-state index in [9.17, 15) is 4.79 Å². The number of allylic oxidation sites excluding steroid dienone is 4. The van der Waals surface area contributed by atoms with Gasteiger partial charge in [0.2, 0.25) is 0 Å². The van der Waals surface area contributed by atoms with Gasteiger partial charge in [-0.15, -0.1) is 0 Å². The van der Waals surface area contributed by atoms with Crippen LogP contribution in [0.15, 0.2) is 23.8 Å². The van der Waals surface area contributed by atoms with Crippen molar-refractivity contribution in [2.75, 3.05) is 0 Å². The fourth-order valence-electron chi connectivity index (χ4n) is 0.917. The molecule has 0 aliphatic heterocycles. The molecule has 0 bridgehead atoms. The van der Waals surface area contributed by atoms with Gasteiger partial charge in [0.25, 0.3) is 0 Å². The SMILES string of the molecule is CC1=CC=CCC1C=O. The monoisotopic (exact) mass is 122 g/mol. The molecule has 1 nitrogen and oxygen atoms in total. The highest BCUT2D eigenvalue weighted by atomic mass is 16.1. The first-order chi connectivity index (χ1) is 4.34. The summed E-state index contributed by atoms with van der Waals surface area (Å²) in [6.07, 6.45) is 7.89. The molecule has 0 heterocycles. The third kappa shape index (κ3) is 1.28. The lowest BCUT2D eigenvalue weighted by Gasteiger charge is -2.09. The zero-order valence-corrected chi connectivity index (χ0v) is 5.50. The summed E-state index contributed by atoms with van der Waals surface area (Å²) in [6.45, 7) is 1.99. The lowest BCUT2D eigenvalue weighted by atomic mass is 9.94. The average Bonchev–Trinajstić information content (AvgIpc) is 1.89. The molecule has 1 rings (SSSR count). The average molecular weight is 122 g/mol. The Morgan fingerprint density at radius 1 is 1.78 bits per heavy atom. The molecule has 1 aliphatic carbocycles. The number of carbonyl (C=O) groups excluding carboxylic acids is 1. The van der Waals surface area contributed by atoms with E-state index in [4.69, 9.17) is 0 Å². The highest BCUT2D eigenvalue weighted by Crippen LogP contribution is 2.16. The van der Waals surface area contributed by atoms with Crippen LogP contribution in [0, 0.1) is 5.92 Å². The van der Waals surface area contributed by atoms with Crippen LogP contribution < -0.4 is 0 Å². The lowest BCUT2D eigenvalue weighted by molar-refractivity contribution is -0.110. The summed E-state index contributed by atoms with van der Waals surface area (Å²) < 4.78 is 0. The van der Waals surface area contributed by atoms with Crippen molar-refractivity contribution in [3.63, 3.8) is 0 Å². The molecule has 48 valence electrons. The number of aldehydes is 1. The lowest BCUT2D eigenvalue weighted by Crippen LogP contribution is -2.03. The van der Waals surface area contributed by atoms with Crippen molar-refractivity contribution in [1.82, 2.24) is 0 Å². The Balaban J connectivity index is 2.69. The van der Waals surface area contributed by atoms with Gasteiger partial charge in [-0.25, -0.2) is 0 Å². The quantitative estimate of drug-likeness (QED) is 0.484. The Bertz CT molecular complexity index is 165. The van der Waals surface area contributed by atoms with Crippen LogP contribution in [0.2, 0.25) is 0 Å². The van der Waals surface area contributed by atoms with Gasteiger partial charge in [-0.1, -0.05) is 23.8 Å². The second-order valence-electron chi connectivity index (χ2n) is 2.32. The molecule has 1 unspecified atom stereocenters. The second kappa shape index (κ2) is 2.62. The Kier molecular flexibility index (Phi) is 1.83. The first-order valence-corrected chi connectivity index (χ1v) is 3.13. The highest BCUT2D eigenvalue weighted by molar-refractivity contribution is 5.60. The number of carbonyl (C=O) groups is 1. The minimum absolute atomic E-state index is 0.148. The molecule has 0 amide bonds. The number of hydrogen-bond acceptors (Lipinski definition) is 1. The van der Waals surface area contributed by atoms with Crippen LogP contribution in [-0.2, 0) is 4.79 Å². The van der Waals surface area contributed by atoms with Gasteiger partial charge < -0.3 is 4.79 Å². The predicted octanol–water partition coefficient (Wildman–Crippen LogP) is 1.71. The molecule has 1 heteroatoms. The number of hydrogen-bond donors (Lipinski definition) is 0. The van der Waals surface area contributed by atoms with E-state index in [0.717, 1.165) is 12.7 Å². The summed E-state index contributed by atoms with van der Waals surface area (Å²) in [4.78, 5) is 10.3. The molecule has 0 radical (unpaired) electrons. The van der Waals surface area contributed by atoms with E-state index in [-0.39, 0.29) is 5.92 Å². The van der Waals surface area contributed by atoms with Gasteiger partial charge in [0.15, 0.2) is 0 Å². The fourth-order valence-corrected chi connectivity index (χ4v) is 0.917. The minimum Gasteiger partial charge on any atom is -0.303 e. The van der Waals surface area contributed by atoms with Gasteiger partial charge in [0.05, 0.1) is 0 Å². The van der Waals surface area contributed by atoms with Gasteiger partial charge >= 0.3 is 0 Å². The first kappa shape index (κ1) is 6.27. The van der Waals surface area contributed by atoms with Gasteiger partial charge in [0, 0.05) is 5.92 Å². The van der Waals surface area contributed by atoms with E-state index < -0.39 is 0 Å². The zero-order chi connectivity index (χ0) is 6.69. The van der Waals surface area contributed by atoms with Crippen molar-refractivity contribution in [1.29, 1.82) is 0 Å². The summed E-state index contributed by atoms with van der Waals surface area (Å²) in [5.74, 6) is 0.148. The molecule has 0 aromatic rings. The van der Waals surface area contributed by atoms with Gasteiger partial charge in [-0.2, -0.15) is 0 Å². The summed E-state index contributed by atoms with van der Waals surface area (Å²) >= 11 is 0. The van der Waals surface area contributed by atoms with Crippen molar-refractivity contribution < 1.29 is 4.79 Å². The van der Waals surface area contributed by atoms with E-state index in [1.807, 2.05) is 25.2 Å². The third-order valence-corrected chi connectivity index (χ3v) is 1.63. The van der Waals surface area contributed by atoms with E-state index in [1.54, 1.807) is 0 Å². The molecular formula is C8H10O. The van der Waals surface area contributed by atoms with Crippen LogP contribution in [0.1, 0.15) is 13.3 Å². The standard InChI is InChI=1S/C8H10O/c1-7-4-2-3-5-8(7)6-9/h2-4,6,8H,5H2,1H3. The van der Waals surface area contributed by atoms with Crippen LogP contribution in [0.4, 0.5) is 0 Å². The zero-order valence-electron chi connectivity index (χ0n) is 5.50. The number of rotatable bonds is 1. The molecule has 0 aromatic carbocycles. The molecule has 0 saturated heterocycles. The van der Waals surface area contributed by atoms with Gasteiger partial charge in [-0.3, -0.25) is 0 Å². The summed E-state index contributed by atoms with van der Waals surface area (Å²) in [6, 6.07) is 0. The second-order valence-corrected chi connectivity index (χ2v) is 2.32. The van der Waals surface area contributed by atoms with Crippen LogP contribution in [0.5, 0.6) is 0 Å². The molecule has 1 aliphatic rings.